The van der Waals surface area contributed by atoms with Crippen molar-refractivity contribution in [2.45, 2.75) is 20.0 Å². The maximum Gasteiger partial charge on any atom is 0.124 e. The van der Waals surface area contributed by atoms with E-state index in [0.29, 0.717) is 6.54 Å². The second kappa shape index (κ2) is 5.89. The van der Waals surface area contributed by atoms with E-state index in [1.165, 1.54) is 0 Å². The molecule has 0 amide bonds. The molecule has 0 heterocycles. The van der Waals surface area contributed by atoms with Crippen molar-refractivity contribution in [2.24, 2.45) is 0 Å². The van der Waals surface area contributed by atoms with E-state index >= 15 is 0 Å². The second-order valence-corrected chi connectivity index (χ2v) is 4.33. The van der Waals surface area contributed by atoms with Gasteiger partial charge < -0.3 is 19.8 Å². The molecular weight excluding hydrogens is 218 g/mol. The lowest BCUT2D eigenvalue weighted by Gasteiger charge is -2.23. The maximum absolute atomic E-state index is 9.41. The summed E-state index contributed by atoms with van der Waals surface area (Å²) in [5, 5.41) is 18.2. The Hall–Kier alpha value is -1.26. The summed E-state index contributed by atoms with van der Waals surface area (Å²) in [6, 6.07) is 4.02. The summed E-state index contributed by atoms with van der Waals surface area (Å²) in [6.45, 7) is 4.16. The van der Waals surface area contributed by atoms with E-state index in [1.807, 2.05) is 37.9 Å². The normalized spacial score (nSPS) is 12.4. The molecule has 0 fully saturated rings. The first-order valence-electron chi connectivity index (χ1n) is 5.65. The van der Waals surface area contributed by atoms with Crippen LogP contribution in [0, 0.1) is 13.8 Å². The predicted molar refractivity (Wildman–Crippen MR) is 68.8 cm³/mol. The van der Waals surface area contributed by atoms with E-state index in [1.54, 1.807) is 7.11 Å². The van der Waals surface area contributed by atoms with Crippen molar-refractivity contribution < 1.29 is 14.9 Å². The van der Waals surface area contributed by atoms with Crippen LogP contribution >= 0.6 is 0 Å². The van der Waals surface area contributed by atoms with E-state index in [0.717, 1.165) is 22.6 Å². The predicted octanol–water partition coefficient (Wildman–Crippen LogP) is 1.10. The largest absolute Gasteiger partial charge is 0.496 e. The van der Waals surface area contributed by atoms with Crippen LogP contribution in [0.4, 0.5) is 5.69 Å². The monoisotopic (exact) mass is 239 g/mol. The molecule has 0 aliphatic heterocycles. The van der Waals surface area contributed by atoms with Crippen molar-refractivity contribution in [1.82, 2.24) is 0 Å². The number of aliphatic hydroxyl groups excluding tert-OH is 2. The molecule has 0 spiro atoms. The summed E-state index contributed by atoms with van der Waals surface area (Å²) in [5.74, 6) is 0.893. The Balaban J connectivity index is 2.92. The lowest BCUT2D eigenvalue weighted by atomic mass is 10.1. The van der Waals surface area contributed by atoms with Gasteiger partial charge in [0.1, 0.15) is 5.75 Å². The van der Waals surface area contributed by atoms with Gasteiger partial charge >= 0.3 is 0 Å². The van der Waals surface area contributed by atoms with Gasteiger partial charge in [0.15, 0.2) is 0 Å². The van der Waals surface area contributed by atoms with Gasteiger partial charge in [0.05, 0.1) is 19.8 Å². The molecule has 4 nitrogen and oxygen atoms in total. The Morgan fingerprint density at radius 3 is 2.24 bits per heavy atom. The molecule has 17 heavy (non-hydrogen) atoms. The number of likely N-dealkylation sites (N-methyl/N-ethyl adjacent to an activating group) is 1. The van der Waals surface area contributed by atoms with Gasteiger partial charge in [-0.1, -0.05) is 0 Å². The van der Waals surface area contributed by atoms with Gasteiger partial charge in [-0.2, -0.15) is 0 Å². The van der Waals surface area contributed by atoms with E-state index in [9.17, 15) is 5.11 Å². The van der Waals surface area contributed by atoms with Gasteiger partial charge in [-0.3, -0.25) is 0 Å². The van der Waals surface area contributed by atoms with E-state index in [-0.39, 0.29) is 6.61 Å². The van der Waals surface area contributed by atoms with Gasteiger partial charge in [-0.05, 0) is 37.1 Å². The van der Waals surface area contributed by atoms with E-state index in [4.69, 9.17) is 9.84 Å². The smallest absolute Gasteiger partial charge is 0.124 e. The zero-order chi connectivity index (χ0) is 13.0. The molecule has 1 unspecified atom stereocenters. The molecule has 0 aliphatic carbocycles. The van der Waals surface area contributed by atoms with Crippen LogP contribution in [0.3, 0.4) is 0 Å². The molecule has 0 radical (unpaired) electrons. The quantitative estimate of drug-likeness (QED) is 0.808. The third-order valence-electron chi connectivity index (χ3n) is 2.79. The van der Waals surface area contributed by atoms with Crippen LogP contribution in [-0.2, 0) is 0 Å². The Bertz CT molecular complexity index is 356. The van der Waals surface area contributed by atoms with Crippen molar-refractivity contribution in [3.05, 3.63) is 23.3 Å². The minimum Gasteiger partial charge on any atom is -0.496 e. The fourth-order valence-corrected chi connectivity index (χ4v) is 1.95. The molecule has 4 heteroatoms. The maximum atomic E-state index is 9.41. The van der Waals surface area contributed by atoms with Gasteiger partial charge in [0.25, 0.3) is 0 Å². The van der Waals surface area contributed by atoms with Crippen molar-refractivity contribution in [2.75, 3.05) is 32.2 Å². The van der Waals surface area contributed by atoms with Gasteiger partial charge in [-0.25, -0.2) is 0 Å². The van der Waals surface area contributed by atoms with Crippen molar-refractivity contribution in [1.29, 1.82) is 0 Å². The number of rotatable bonds is 5. The number of ether oxygens (including phenoxy) is 1. The highest BCUT2D eigenvalue weighted by molar-refractivity contribution is 5.56. The zero-order valence-electron chi connectivity index (χ0n) is 10.9. The Labute approximate surface area is 102 Å². The van der Waals surface area contributed by atoms with Crippen LogP contribution in [0.2, 0.25) is 0 Å². The molecule has 0 saturated carbocycles. The van der Waals surface area contributed by atoms with Gasteiger partial charge in [0, 0.05) is 19.3 Å². The summed E-state index contributed by atoms with van der Waals surface area (Å²) in [7, 11) is 3.55. The van der Waals surface area contributed by atoms with Crippen LogP contribution in [0.1, 0.15) is 11.1 Å². The highest BCUT2D eigenvalue weighted by Crippen LogP contribution is 2.28. The highest BCUT2D eigenvalue weighted by Gasteiger charge is 2.11. The number of hydrogen-bond donors (Lipinski definition) is 2. The highest BCUT2D eigenvalue weighted by atomic mass is 16.5. The summed E-state index contributed by atoms with van der Waals surface area (Å²) in [6.07, 6.45) is -0.720. The molecule has 0 aliphatic rings. The Morgan fingerprint density at radius 2 is 1.82 bits per heavy atom. The van der Waals surface area contributed by atoms with E-state index < -0.39 is 6.10 Å². The molecule has 0 bridgehead atoms. The number of benzene rings is 1. The topological polar surface area (TPSA) is 52.9 Å². The SMILES string of the molecule is COc1c(C)cc(N(C)CC(O)CO)cc1C. The standard InChI is InChI=1S/C13H21NO3/c1-9-5-11(6-10(2)13(9)17-4)14(3)7-12(16)8-15/h5-6,12,15-16H,7-8H2,1-4H3. The lowest BCUT2D eigenvalue weighted by Crippen LogP contribution is -2.31. The summed E-state index contributed by atoms with van der Waals surface area (Å²) < 4.78 is 5.30. The summed E-state index contributed by atoms with van der Waals surface area (Å²) in [5.41, 5.74) is 3.13. The minimum absolute atomic E-state index is 0.224. The van der Waals surface area contributed by atoms with Crippen LogP contribution < -0.4 is 9.64 Å². The van der Waals surface area contributed by atoms with Gasteiger partial charge in [0.2, 0.25) is 0 Å². The van der Waals surface area contributed by atoms with Gasteiger partial charge in [-0.15, -0.1) is 0 Å². The van der Waals surface area contributed by atoms with Crippen LogP contribution in [-0.4, -0.2) is 43.6 Å². The number of nitrogens with zero attached hydrogens (tertiary/aromatic N) is 1. The molecule has 1 aromatic carbocycles. The summed E-state index contributed by atoms with van der Waals surface area (Å²) >= 11 is 0. The number of aliphatic hydroxyl groups is 2. The molecule has 1 atom stereocenters. The molecule has 1 rings (SSSR count). The third kappa shape index (κ3) is 3.35. The van der Waals surface area contributed by atoms with E-state index in [2.05, 4.69) is 0 Å². The second-order valence-electron chi connectivity index (χ2n) is 4.33. The van der Waals surface area contributed by atoms with Crippen molar-refractivity contribution in [3.63, 3.8) is 0 Å². The average molecular weight is 239 g/mol. The van der Waals surface area contributed by atoms with Crippen LogP contribution in [0.15, 0.2) is 12.1 Å². The average Bonchev–Trinajstić information content (AvgIpc) is 2.28. The van der Waals surface area contributed by atoms with Crippen LogP contribution in [0.5, 0.6) is 5.75 Å². The minimum atomic E-state index is -0.720. The number of aryl methyl sites for hydroxylation is 2. The first kappa shape index (κ1) is 13.8. The molecule has 1 aromatic rings. The van der Waals surface area contributed by atoms with Crippen molar-refractivity contribution in [3.8, 4) is 5.75 Å². The van der Waals surface area contributed by atoms with Crippen LogP contribution in [0.25, 0.3) is 0 Å². The zero-order valence-corrected chi connectivity index (χ0v) is 10.9. The Morgan fingerprint density at radius 1 is 1.29 bits per heavy atom. The third-order valence-corrected chi connectivity index (χ3v) is 2.79. The summed E-state index contributed by atoms with van der Waals surface area (Å²) in [4.78, 5) is 1.92. The molecular formula is C13H21NO3. The first-order valence-corrected chi connectivity index (χ1v) is 5.65. The number of hydrogen-bond acceptors (Lipinski definition) is 4. The molecule has 96 valence electrons. The molecule has 0 saturated heterocycles. The number of anilines is 1. The molecule has 2 N–H and O–H groups in total. The first-order chi connectivity index (χ1) is 7.99. The fraction of sp³-hybridized carbons (Fsp3) is 0.538. The fourth-order valence-electron chi connectivity index (χ4n) is 1.95. The van der Waals surface area contributed by atoms with Crippen molar-refractivity contribution >= 4 is 5.69 Å². The molecule has 0 aromatic heterocycles. The Kier molecular flexibility index (Phi) is 4.78. The number of methoxy groups -OCH3 is 1. The lowest BCUT2D eigenvalue weighted by molar-refractivity contribution is 0.101.